The maximum atomic E-state index is 12.7. The molecule has 2 atom stereocenters. The van der Waals surface area contributed by atoms with E-state index in [1.165, 1.54) is 0 Å². The fourth-order valence-corrected chi connectivity index (χ4v) is 3.49. The van der Waals surface area contributed by atoms with Crippen molar-refractivity contribution in [1.29, 1.82) is 0 Å². The van der Waals surface area contributed by atoms with E-state index in [-0.39, 0.29) is 23.9 Å². The number of rotatable bonds is 3. The average Bonchev–Trinajstić information content (AvgIpc) is 3.18. The van der Waals surface area contributed by atoms with Gasteiger partial charge in [-0.1, -0.05) is 0 Å². The van der Waals surface area contributed by atoms with Crippen molar-refractivity contribution in [3.8, 4) is 0 Å². The highest BCUT2D eigenvalue weighted by Crippen LogP contribution is 2.36. The van der Waals surface area contributed by atoms with Crippen LogP contribution in [0.25, 0.3) is 0 Å². The smallest absolute Gasteiger partial charge is 0.246 e. The molecule has 1 aliphatic heterocycles. The van der Waals surface area contributed by atoms with Crippen LogP contribution in [0.5, 0.6) is 0 Å². The minimum absolute atomic E-state index is 0.0136. The van der Waals surface area contributed by atoms with Gasteiger partial charge >= 0.3 is 0 Å². The third kappa shape index (κ3) is 2.57. The van der Waals surface area contributed by atoms with Gasteiger partial charge in [-0.25, -0.2) is 4.98 Å². The van der Waals surface area contributed by atoms with Gasteiger partial charge in [0.15, 0.2) is 0 Å². The maximum absolute atomic E-state index is 12.7. The molecule has 3 rings (SSSR count). The molecule has 20 heavy (non-hydrogen) atoms. The van der Waals surface area contributed by atoms with E-state index in [0.717, 1.165) is 22.7 Å². The third-order valence-corrected chi connectivity index (χ3v) is 5.09. The second-order valence-electron chi connectivity index (χ2n) is 5.65. The second kappa shape index (κ2) is 5.16. The Labute approximate surface area is 122 Å². The molecule has 0 bridgehead atoms. The van der Waals surface area contributed by atoms with Crippen LogP contribution in [0.4, 0.5) is 0 Å². The van der Waals surface area contributed by atoms with Crippen molar-refractivity contribution in [2.75, 3.05) is 6.54 Å². The molecule has 0 aromatic carbocycles. The Morgan fingerprint density at radius 3 is 2.80 bits per heavy atom. The molecule has 6 heteroatoms. The van der Waals surface area contributed by atoms with Crippen molar-refractivity contribution in [2.45, 2.75) is 45.2 Å². The molecule has 0 radical (unpaired) electrons. The molecule has 1 saturated heterocycles. The molecule has 5 nitrogen and oxygen atoms in total. The molecule has 0 spiro atoms. The summed E-state index contributed by atoms with van der Waals surface area (Å²) in [6.07, 6.45) is 4.29. The third-order valence-electron chi connectivity index (χ3n) is 4.00. The average molecular weight is 293 g/mol. The van der Waals surface area contributed by atoms with Crippen LogP contribution in [0, 0.1) is 12.8 Å². The molecule has 2 heterocycles. The SMILES string of the molecule is Cc1cnc(C(C)N2CCC(=O)NC(C3CC3)C2=O)s1. The zero-order chi connectivity index (χ0) is 14.3. The number of thiazole rings is 1. The van der Waals surface area contributed by atoms with Crippen molar-refractivity contribution in [1.82, 2.24) is 15.2 Å². The van der Waals surface area contributed by atoms with Gasteiger partial charge in [0.25, 0.3) is 0 Å². The number of nitrogens with zero attached hydrogens (tertiary/aromatic N) is 2. The Bertz CT molecular complexity index is 538. The van der Waals surface area contributed by atoms with Gasteiger partial charge in [-0.05, 0) is 32.6 Å². The van der Waals surface area contributed by atoms with E-state index in [1.807, 2.05) is 24.9 Å². The fraction of sp³-hybridized carbons (Fsp3) is 0.643. The number of carbonyl (C=O) groups excluding carboxylic acids is 2. The molecule has 2 unspecified atom stereocenters. The number of carbonyl (C=O) groups is 2. The molecule has 2 fully saturated rings. The number of amides is 2. The van der Waals surface area contributed by atoms with E-state index in [1.54, 1.807) is 11.3 Å². The lowest BCUT2D eigenvalue weighted by atomic mass is 10.1. The van der Waals surface area contributed by atoms with Crippen LogP contribution in [-0.4, -0.2) is 34.3 Å². The first-order valence-corrected chi connectivity index (χ1v) is 7.90. The van der Waals surface area contributed by atoms with Crippen LogP contribution in [0.3, 0.4) is 0 Å². The lowest BCUT2D eigenvalue weighted by Gasteiger charge is -2.28. The Kier molecular flexibility index (Phi) is 3.50. The Morgan fingerprint density at radius 2 is 2.20 bits per heavy atom. The quantitative estimate of drug-likeness (QED) is 0.921. The van der Waals surface area contributed by atoms with Gasteiger partial charge in [-0.15, -0.1) is 11.3 Å². The summed E-state index contributed by atoms with van der Waals surface area (Å²) in [4.78, 5) is 31.8. The Hall–Kier alpha value is -1.43. The standard InChI is InChI=1S/C14H19N3O2S/c1-8-7-15-13(20-8)9(2)17-6-5-11(18)16-12(14(17)19)10-3-4-10/h7,9-10,12H,3-6H2,1-2H3,(H,16,18). The normalized spacial score (nSPS) is 25.3. The van der Waals surface area contributed by atoms with Crippen molar-refractivity contribution >= 4 is 23.2 Å². The van der Waals surface area contributed by atoms with Crippen LogP contribution in [0.15, 0.2) is 6.20 Å². The summed E-state index contributed by atoms with van der Waals surface area (Å²) in [7, 11) is 0. The zero-order valence-corrected chi connectivity index (χ0v) is 12.6. The molecule has 108 valence electrons. The summed E-state index contributed by atoms with van der Waals surface area (Å²) in [5.74, 6) is 0.372. The van der Waals surface area contributed by atoms with E-state index < -0.39 is 0 Å². The summed E-state index contributed by atoms with van der Waals surface area (Å²) in [6.45, 7) is 4.49. The highest BCUT2D eigenvalue weighted by molar-refractivity contribution is 7.11. The van der Waals surface area contributed by atoms with Gasteiger partial charge in [0.05, 0.1) is 6.04 Å². The number of aryl methyl sites for hydroxylation is 1. The Morgan fingerprint density at radius 1 is 1.45 bits per heavy atom. The molecule has 1 aromatic rings. The summed E-state index contributed by atoms with van der Waals surface area (Å²) < 4.78 is 0. The molecule has 2 amide bonds. The number of nitrogens with one attached hydrogen (secondary N) is 1. The number of hydrogen-bond acceptors (Lipinski definition) is 4. The molecule has 2 aliphatic rings. The monoisotopic (exact) mass is 293 g/mol. The molecule has 1 aliphatic carbocycles. The second-order valence-corrected chi connectivity index (χ2v) is 6.92. The fourth-order valence-electron chi connectivity index (χ4n) is 2.65. The molecular formula is C14H19N3O2S. The predicted octanol–water partition coefficient (Wildman–Crippen LogP) is 1.64. The minimum Gasteiger partial charge on any atom is -0.344 e. The van der Waals surface area contributed by atoms with Crippen LogP contribution in [0.2, 0.25) is 0 Å². The molecule has 1 aromatic heterocycles. The van der Waals surface area contributed by atoms with Crippen LogP contribution >= 0.6 is 11.3 Å². The zero-order valence-electron chi connectivity index (χ0n) is 11.8. The highest BCUT2D eigenvalue weighted by atomic mass is 32.1. The van der Waals surface area contributed by atoms with E-state index in [4.69, 9.17) is 0 Å². The lowest BCUT2D eigenvalue weighted by Crippen LogP contribution is -2.46. The van der Waals surface area contributed by atoms with Crippen molar-refractivity contribution in [3.63, 3.8) is 0 Å². The van der Waals surface area contributed by atoms with Gasteiger partial charge in [0, 0.05) is 24.0 Å². The lowest BCUT2D eigenvalue weighted by molar-refractivity contribution is -0.136. The largest absolute Gasteiger partial charge is 0.344 e. The first-order valence-electron chi connectivity index (χ1n) is 7.08. The predicted molar refractivity (Wildman–Crippen MR) is 76.3 cm³/mol. The van der Waals surface area contributed by atoms with E-state index in [2.05, 4.69) is 10.3 Å². The van der Waals surface area contributed by atoms with Crippen molar-refractivity contribution in [3.05, 3.63) is 16.1 Å². The first kappa shape index (κ1) is 13.5. The van der Waals surface area contributed by atoms with Crippen molar-refractivity contribution in [2.24, 2.45) is 5.92 Å². The molecule has 1 saturated carbocycles. The summed E-state index contributed by atoms with van der Waals surface area (Å²) in [5.41, 5.74) is 0. The maximum Gasteiger partial charge on any atom is 0.246 e. The summed E-state index contributed by atoms with van der Waals surface area (Å²) in [6, 6.07) is -0.386. The topological polar surface area (TPSA) is 62.3 Å². The number of hydrogen-bond donors (Lipinski definition) is 1. The summed E-state index contributed by atoms with van der Waals surface area (Å²) in [5, 5.41) is 3.83. The van der Waals surface area contributed by atoms with Crippen LogP contribution in [0.1, 0.15) is 42.1 Å². The Balaban J connectivity index is 1.83. The molecule has 1 N–H and O–H groups in total. The number of aromatic nitrogens is 1. The van der Waals surface area contributed by atoms with Crippen molar-refractivity contribution < 1.29 is 9.59 Å². The molecular weight excluding hydrogens is 274 g/mol. The first-order chi connectivity index (χ1) is 9.56. The van der Waals surface area contributed by atoms with Crippen LogP contribution < -0.4 is 5.32 Å². The van der Waals surface area contributed by atoms with Gasteiger partial charge in [-0.2, -0.15) is 0 Å². The van der Waals surface area contributed by atoms with E-state index >= 15 is 0 Å². The highest BCUT2D eigenvalue weighted by Gasteiger charge is 2.42. The van der Waals surface area contributed by atoms with E-state index in [0.29, 0.717) is 18.9 Å². The summed E-state index contributed by atoms with van der Waals surface area (Å²) >= 11 is 1.61. The van der Waals surface area contributed by atoms with Gasteiger partial charge in [0.1, 0.15) is 11.0 Å². The van der Waals surface area contributed by atoms with Gasteiger partial charge in [-0.3, -0.25) is 9.59 Å². The van der Waals surface area contributed by atoms with Crippen LogP contribution in [-0.2, 0) is 9.59 Å². The van der Waals surface area contributed by atoms with E-state index in [9.17, 15) is 9.59 Å². The van der Waals surface area contributed by atoms with Gasteiger partial charge < -0.3 is 10.2 Å². The minimum atomic E-state index is -0.325. The van der Waals surface area contributed by atoms with Gasteiger partial charge in [0.2, 0.25) is 11.8 Å².